The highest BCUT2D eigenvalue weighted by atomic mass is 35.5. The predicted molar refractivity (Wildman–Crippen MR) is 95.2 cm³/mol. The van der Waals surface area contributed by atoms with Crippen LogP contribution in [0.3, 0.4) is 0 Å². The summed E-state index contributed by atoms with van der Waals surface area (Å²) in [5, 5.41) is 3.73. The maximum atomic E-state index is 12.0. The quantitative estimate of drug-likeness (QED) is 0.710. The molecule has 3 aromatic rings. The van der Waals surface area contributed by atoms with Gasteiger partial charge in [0.2, 0.25) is 5.91 Å². The normalized spacial score (nSPS) is 10.6. The number of carbonyl (C=O) groups excluding carboxylic acids is 1. The molecule has 2 heterocycles. The van der Waals surface area contributed by atoms with E-state index in [9.17, 15) is 4.79 Å². The van der Waals surface area contributed by atoms with Crippen molar-refractivity contribution in [2.75, 3.05) is 5.32 Å². The summed E-state index contributed by atoms with van der Waals surface area (Å²) in [5.41, 5.74) is 2.48. The third-order valence-electron chi connectivity index (χ3n) is 3.35. The number of carbonyl (C=O) groups is 1. The van der Waals surface area contributed by atoms with Gasteiger partial charge in [-0.05, 0) is 30.3 Å². The Bertz CT molecular complexity index is 829. The number of imidazole rings is 1. The van der Waals surface area contributed by atoms with E-state index >= 15 is 0 Å². The number of H-pyrrole nitrogens is 1. The second kappa shape index (κ2) is 7.47. The Labute approximate surface area is 149 Å². The Balaban J connectivity index is 1.58. The molecule has 2 aromatic heterocycles. The lowest BCUT2D eigenvalue weighted by Crippen LogP contribution is -2.12. The highest BCUT2D eigenvalue weighted by molar-refractivity contribution is 6.35. The molecule has 0 aliphatic heterocycles. The van der Waals surface area contributed by atoms with Crippen molar-refractivity contribution < 1.29 is 4.79 Å². The lowest BCUT2D eigenvalue weighted by atomic mass is 10.2. The molecule has 0 aliphatic carbocycles. The van der Waals surface area contributed by atoms with Crippen molar-refractivity contribution >= 4 is 34.8 Å². The van der Waals surface area contributed by atoms with Gasteiger partial charge in [0, 0.05) is 46.5 Å². The number of halogens is 2. The molecule has 0 unspecified atom stereocenters. The SMILES string of the molecule is O=C(CCc1ncc(-c2ccncc2)[nH]1)Nc1cc(Cl)cc(Cl)c1. The van der Waals surface area contributed by atoms with Gasteiger partial charge in [-0.2, -0.15) is 0 Å². The number of benzene rings is 1. The van der Waals surface area contributed by atoms with Crippen LogP contribution in [0.4, 0.5) is 5.69 Å². The fourth-order valence-corrected chi connectivity index (χ4v) is 2.78. The molecule has 0 aliphatic rings. The first-order valence-electron chi connectivity index (χ1n) is 7.30. The summed E-state index contributed by atoms with van der Waals surface area (Å²) in [6.45, 7) is 0. The Kier molecular flexibility index (Phi) is 5.13. The third kappa shape index (κ3) is 4.34. The summed E-state index contributed by atoms with van der Waals surface area (Å²) in [4.78, 5) is 23.5. The Morgan fingerprint density at radius 2 is 1.83 bits per heavy atom. The maximum absolute atomic E-state index is 12.0. The average Bonchev–Trinajstić information content (AvgIpc) is 3.02. The minimum atomic E-state index is -0.129. The monoisotopic (exact) mass is 360 g/mol. The van der Waals surface area contributed by atoms with Gasteiger partial charge in [-0.1, -0.05) is 23.2 Å². The highest BCUT2D eigenvalue weighted by Crippen LogP contribution is 2.22. The zero-order valence-corrected chi connectivity index (χ0v) is 14.1. The van der Waals surface area contributed by atoms with E-state index in [4.69, 9.17) is 23.2 Å². The number of anilines is 1. The summed E-state index contributed by atoms with van der Waals surface area (Å²) < 4.78 is 0. The number of aromatic amines is 1. The Hall–Kier alpha value is -2.37. The Morgan fingerprint density at radius 1 is 1.12 bits per heavy atom. The van der Waals surface area contributed by atoms with Crippen LogP contribution in [0.25, 0.3) is 11.3 Å². The molecule has 1 amide bonds. The van der Waals surface area contributed by atoms with E-state index in [2.05, 4.69) is 20.3 Å². The molecule has 122 valence electrons. The predicted octanol–water partition coefficient (Wildman–Crippen LogP) is 4.35. The lowest BCUT2D eigenvalue weighted by Gasteiger charge is -2.05. The zero-order chi connectivity index (χ0) is 16.9. The number of aromatic nitrogens is 3. The summed E-state index contributed by atoms with van der Waals surface area (Å²) in [6.07, 6.45) is 6.00. The van der Waals surface area contributed by atoms with E-state index in [1.807, 2.05) is 12.1 Å². The molecular weight excluding hydrogens is 347 g/mol. The standard InChI is InChI=1S/C17H14Cl2N4O/c18-12-7-13(19)9-14(8-12)22-17(24)2-1-16-21-10-15(23-16)11-3-5-20-6-4-11/h3-10H,1-2H2,(H,21,23)(H,22,24). The molecular formula is C17H14Cl2N4O. The van der Waals surface area contributed by atoms with Gasteiger partial charge in [-0.25, -0.2) is 4.98 Å². The smallest absolute Gasteiger partial charge is 0.224 e. The number of nitrogens with one attached hydrogen (secondary N) is 2. The molecule has 0 bridgehead atoms. The molecule has 0 saturated heterocycles. The van der Waals surface area contributed by atoms with Gasteiger partial charge >= 0.3 is 0 Å². The molecule has 0 spiro atoms. The van der Waals surface area contributed by atoms with Gasteiger partial charge in [0.05, 0.1) is 11.9 Å². The van der Waals surface area contributed by atoms with E-state index in [0.717, 1.165) is 17.1 Å². The molecule has 0 saturated carbocycles. The van der Waals surface area contributed by atoms with Gasteiger partial charge in [0.1, 0.15) is 5.82 Å². The number of pyridine rings is 1. The van der Waals surface area contributed by atoms with E-state index in [-0.39, 0.29) is 5.91 Å². The van der Waals surface area contributed by atoms with Crippen LogP contribution in [0, 0.1) is 0 Å². The first-order valence-corrected chi connectivity index (χ1v) is 8.06. The van der Waals surface area contributed by atoms with E-state index < -0.39 is 0 Å². The van der Waals surface area contributed by atoms with Crippen LogP contribution < -0.4 is 5.32 Å². The number of hydrogen-bond donors (Lipinski definition) is 2. The van der Waals surface area contributed by atoms with Crippen LogP contribution in [-0.4, -0.2) is 20.9 Å². The molecule has 5 nitrogen and oxygen atoms in total. The van der Waals surface area contributed by atoms with Crippen LogP contribution in [0.5, 0.6) is 0 Å². The van der Waals surface area contributed by atoms with Crippen molar-refractivity contribution in [3.63, 3.8) is 0 Å². The minimum absolute atomic E-state index is 0.129. The molecule has 3 rings (SSSR count). The van der Waals surface area contributed by atoms with Gasteiger partial charge in [0.15, 0.2) is 0 Å². The summed E-state index contributed by atoms with van der Waals surface area (Å²) >= 11 is 11.8. The lowest BCUT2D eigenvalue weighted by molar-refractivity contribution is -0.116. The van der Waals surface area contributed by atoms with Crippen LogP contribution >= 0.6 is 23.2 Å². The van der Waals surface area contributed by atoms with Crippen molar-refractivity contribution in [1.29, 1.82) is 0 Å². The minimum Gasteiger partial charge on any atom is -0.342 e. The molecule has 0 atom stereocenters. The van der Waals surface area contributed by atoms with Crippen LogP contribution in [0.1, 0.15) is 12.2 Å². The van der Waals surface area contributed by atoms with Gasteiger partial charge in [0.25, 0.3) is 0 Å². The largest absolute Gasteiger partial charge is 0.342 e. The number of hydrogen-bond acceptors (Lipinski definition) is 3. The average molecular weight is 361 g/mol. The van der Waals surface area contributed by atoms with Crippen molar-refractivity contribution in [3.05, 3.63) is 64.8 Å². The van der Waals surface area contributed by atoms with Crippen LogP contribution in [0.2, 0.25) is 10.0 Å². The fourth-order valence-electron chi connectivity index (χ4n) is 2.25. The third-order valence-corrected chi connectivity index (χ3v) is 3.79. The number of aryl methyl sites for hydroxylation is 1. The fraction of sp³-hybridized carbons (Fsp3) is 0.118. The van der Waals surface area contributed by atoms with Crippen LogP contribution in [0.15, 0.2) is 48.9 Å². The number of amides is 1. The zero-order valence-electron chi connectivity index (χ0n) is 12.6. The van der Waals surface area contributed by atoms with Crippen molar-refractivity contribution in [3.8, 4) is 11.3 Å². The van der Waals surface area contributed by atoms with Crippen molar-refractivity contribution in [2.24, 2.45) is 0 Å². The molecule has 0 fully saturated rings. The molecule has 2 N–H and O–H groups in total. The van der Waals surface area contributed by atoms with Crippen LogP contribution in [-0.2, 0) is 11.2 Å². The van der Waals surface area contributed by atoms with Crippen molar-refractivity contribution in [2.45, 2.75) is 12.8 Å². The first kappa shape index (κ1) is 16.5. The molecule has 24 heavy (non-hydrogen) atoms. The Morgan fingerprint density at radius 3 is 2.54 bits per heavy atom. The second-order valence-electron chi connectivity index (χ2n) is 5.19. The number of nitrogens with zero attached hydrogens (tertiary/aromatic N) is 2. The van der Waals surface area contributed by atoms with Crippen molar-refractivity contribution in [1.82, 2.24) is 15.0 Å². The molecule has 7 heteroatoms. The first-order chi connectivity index (χ1) is 11.6. The number of rotatable bonds is 5. The highest BCUT2D eigenvalue weighted by Gasteiger charge is 2.08. The van der Waals surface area contributed by atoms with E-state index in [1.165, 1.54) is 0 Å². The van der Waals surface area contributed by atoms with Gasteiger partial charge in [-0.3, -0.25) is 9.78 Å². The van der Waals surface area contributed by atoms with Gasteiger partial charge < -0.3 is 10.3 Å². The summed E-state index contributed by atoms with van der Waals surface area (Å²) in [5.74, 6) is 0.622. The van der Waals surface area contributed by atoms with E-state index in [0.29, 0.717) is 28.6 Å². The molecule has 0 radical (unpaired) electrons. The maximum Gasteiger partial charge on any atom is 0.224 e. The van der Waals surface area contributed by atoms with E-state index in [1.54, 1.807) is 36.8 Å². The van der Waals surface area contributed by atoms with Gasteiger partial charge in [-0.15, -0.1) is 0 Å². The molecule has 1 aromatic carbocycles. The topological polar surface area (TPSA) is 70.7 Å². The summed E-state index contributed by atoms with van der Waals surface area (Å²) in [6, 6.07) is 8.71. The second-order valence-corrected chi connectivity index (χ2v) is 6.06. The summed E-state index contributed by atoms with van der Waals surface area (Å²) in [7, 11) is 0.